The zero-order valence-corrected chi connectivity index (χ0v) is 32.4. The highest BCUT2D eigenvalue weighted by Gasteiger charge is 2.32. The average molecular weight is 680 g/mol. The van der Waals surface area contributed by atoms with E-state index in [0.717, 1.165) is 41.2 Å². The molecule has 1 aliphatic rings. The van der Waals surface area contributed by atoms with Crippen molar-refractivity contribution < 1.29 is 18.0 Å². The summed E-state index contributed by atoms with van der Waals surface area (Å²) in [6.45, 7) is 29.8. The van der Waals surface area contributed by atoms with E-state index in [1.165, 1.54) is 54.8 Å². The van der Waals surface area contributed by atoms with E-state index in [1.54, 1.807) is 19.9 Å². The second-order valence-electron chi connectivity index (χ2n) is 12.5. The van der Waals surface area contributed by atoms with E-state index >= 15 is 0 Å². The molecule has 3 rings (SSSR count). The van der Waals surface area contributed by atoms with E-state index in [2.05, 4.69) is 89.2 Å². The molecule has 0 aromatic heterocycles. The molecule has 2 nitrogen and oxygen atoms in total. The summed E-state index contributed by atoms with van der Waals surface area (Å²) < 4.78 is 36.7. The maximum Gasteiger partial charge on any atom is 0.416 e. The van der Waals surface area contributed by atoms with Gasteiger partial charge in [0.15, 0.2) is 5.78 Å². The topological polar surface area (TPSA) is 20.3 Å². The van der Waals surface area contributed by atoms with Crippen LogP contribution in [0.5, 0.6) is 0 Å². The molecular formula is C44H64F3NO. The highest BCUT2D eigenvalue weighted by atomic mass is 19.4. The Balaban J connectivity index is 0. The van der Waals surface area contributed by atoms with Gasteiger partial charge >= 0.3 is 6.18 Å². The van der Waals surface area contributed by atoms with Crippen LogP contribution in [-0.4, -0.2) is 30.8 Å². The zero-order chi connectivity index (χ0) is 38.0. The van der Waals surface area contributed by atoms with Crippen molar-refractivity contribution in [2.45, 2.75) is 108 Å². The third-order valence-corrected chi connectivity index (χ3v) is 6.92. The van der Waals surface area contributed by atoms with E-state index in [4.69, 9.17) is 0 Å². The van der Waals surface area contributed by atoms with Crippen molar-refractivity contribution >= 4 is 5.78 Å². The minimum absolute atomic E-state index is 0.100. The van der Waals surface area contributed by atoms with Gasteiger partial charge in [-0.1, -0.05) is 116 Å². The third kappa shape index (κ3) is 24.1. The van der Waals surface area contributed by atoms with Crippen LogP contribution in [0.4, 0.5) is 13.2 Å². The second-order valence-corrected chi connectivity index (χ2v) is 12.5. The van der Waals surface area contributed by atoms with Gasteiger partial charge in [0.05, 0.1) is 5.56 Å². The highest BCUT2D eigenvalue weighted by Crippen LogP contribution is 2.31. The fourth-order valence-electron chi connectivity index (χ4n) is 4.43. The van der Waals surface area contributed by atoms with Crippen molar-refractivity contribution in [3.63, 3.8) is 0 Å². The van der Waals surface area contributed by atoms with Crippen LogP contribution < -0.4 is 0 Å². The van der Waals surface area contributed by atoms with Gasteiger partial charge in [-0.05, 0) is 130 Å². The van der Waals surface area contributed by atoms with E-state index < -0.39 is 11.7 Å². The lowest BCUT2D eigenvalue weighted by molar-refractivity contribution is -0.138. The van der Waals surface area contributed by atoms with E-state index in [-0.39, 0.29) is 5.78 Å². The third-order valence-electron chi connectivity index (χ3n) is 6.92. The van der Waals surface area contributed by atoms with Gasteiger partial charge in [0.2, 0.25) is 0 Å². The first kappa shape index (κ1) is 47.4. The summed E-state index contributed by atoms with van der Waals surface area (Å²) in [6.07, 6.45) is 11.0. The molecule has 0 heterocycles. The highest BCUT2D eigenvalue weighted by molar-refractivity contribution is 5.99. The molecule has 0 fully saturated rings. The smallest absolute Gasteiger partial charge is 0.306 e. The van der Waals surface area contributed by atoms with Crippen molar-refractivity contribution in [1.82, 2.24) is 4.90 Å². The molecule has 49 heavy (non-hydrogen) atoms. The summed E-state index contributed by atoms with van der Waals surface area (Å²) in [5.74, 6) is 0.100. The molecule has 1 aliphatic carbocycles. The predicted molar refractivity (Wildman–Crippen MR) is 209 cm³/mol. The normalized spacial score (nSPS) is 12.4. The molecule has 0 amide bonds. The Hall–Kier alpha value is -3.70. The maximum atomic E-state index is 12.2. The van der Waals surface area contributed by atoms with Crippen LogP contribution in [0.15, 0.2) is 120 Å². The predicted octanol–water partition coefficient (Wildman–Crippen LogP) is 13.2. The number of alkyl halides is 3. The number of nitrogens with zero attached hydrogens (tertiary/aromatic N) is 1. The van der Waals surface area contributed by atoms with Crippen LogP contribution in [-0.2, 0) is 17.4 Å². The molecule has 0 bridgehead atoms. The fourth-order valence-corrected chi connectivity index (χ4v) is 4.43. The quantitative estimate of drug-likeness (QED) is 0.149. The number of hydrogen-bond donors (Lipinski definition) is 0. The van der Waals surface area contributed by atoms with Gasteiger partial charge in [0.1, 0.15) is 0 Å². The van der Waals surface area contributed by atoms with Crippen LogP contribution in [0.3, 0.4) is 0 Å². The molecule has 0 N–H and O–H groups in total. The summed E-state index contributed by atoms with van der Waals surface area (Å²) in [6, 6.07) is 14.1. The summed E-state index contributed by atoms with van der Waals surface area (Å²) in [4.78, 5) is 14.1. The van der Waals surface area contributed by atoms with Gasteiger partial charge in [0, 0.05) is 5.57 Å². The van der Waals surface area contributed by atoms with Crippen LogP contribution in [0.2, 0.25) is 0 Å². The van der Waals surface area contributed by atoms with Gasteiger partial charge in [-0.3, -0.25) is 4.79 Å². The number of allylic oxidation sites excluding steroid dienone is 10. The van der Waals surface area contributed by atoms with Crippen LogP contribution in [0.25, 0.3) is 0 Å². The minimum atomic E-state index is -4.22. The lowest BCUT2D eigenvalue weighted by atomic mass is 9.94. The zero-order valence-electron chi connectivity index (χ0n) is 32.4. The first-order chi connectivity index (χ1) is 22.9. The average Bonchev–Trinajstić information content (AvgIpc) is 3.03. The van der Waals surface area contributed by atoms with Gasteiger partial charge < -0.3 is 4.90 Å². The number of hydrogen-bond acceptors (Lipinski definition) is 2. The largest absolute Gasteiger partial charge is 0.416 e. The Bertz CT molecular complexity index is 1340. The molecule has 0 atom stereocenters. The van der Waals surface area contributed by atoms with Crippen molar-refractivity contribution in [2.75, 3.05) is 20.1 Å². The summed E-state index contributed by atoms with van der Waals surface area (Å²) in [5, 5.41) is 0. The number of halogens is 3. The number of rotatable bonds is 9. The van der Waals surface area contributed by atoms with Crippen molar-refractivity contribution in [3.8, 4) is 0 Å². The Morgan fingerprint density at radius 2 is 1.35 bits per heavy atom. The molecule has 5 heteroatoms. The molecular weight excluding hydrogens is 615 g/mol. The minimum Gasteiger partial charge on any atom is -0.306 e. The van der Waals surface area contributed by atoms with Crippen LogP contribution in [0.1, 0.15) is 103 Å². The van der Waals surface area contributed by atoms with Gasteiger partial charge in [-0.15, -0.1) is 6.58 Å². The van der Waals surface area contributed by atoms with E-state index in [9.17, 15) is 18.0 Å². The number of aryl methyl sites for hydroxylation is 3. The van der Waals surface area contributed by atoms with Crippen molar-refractivity contribution in [1.29, 1.82) is 0 Å². The Labute approximate surface area is 297 Å². The molecule has 0 saturated heterocycles. The lowest BCUT2D eigenvalue weighted by Crippen LogP contribution is -2.19. The number of ketones is 1. The van der Waals surface area contributed by atoms with Crippen molar-refractivity contribution in [3.05, 3.63) is 142 Å². The van der Waals surface area contributed by atoms with Crippen LogP contribution in [0, 0.1) is 13.8 Å². The summed E-state index contributed by atoms with van der Waals surface area (Å²) in [5.41, 5.74) is 7.46. The summed E-state index contributed by atoms with van der Waals surface area (Å²) >= 11 is 0. The first-order valence-corrected chi connectivity index (χ1v) is 17.4. The van der Waals surface area contributed by atoms with Gasteiger partial charge in [0.25, 0.3) is 0 Å². The van der Waals surface area contributed by atoms with E-state index in [1.807, 2.05) is 45.9 Å². The monoisotopic (exact) mass is 679 g/mol. The van der Waals surface area contributed by atoms with Crippen LogP contribution >= 0.6 is 0 Å². The molecule has 0 saturated carbocycles. The number of carbonyl (C=O) groups is 1. The molecule has 2 aromatic rings. The van der Waals surface area contributed by atoms with Gasteiger partial charge in [-0.25, -0.2) is 0 Å². The Kier molecular flexibility index (Phi) is 26.3. The fraction of sp³-hybridized carbons (Fsp3) is 0.432. The number of carbonyl (C=O) groups excluding carboxylic acids is 1. The standard InChI is InChI=1S/C16H20O.C9H9F3.C8H10.C7H17N.C4H8/c1-5-14(12(2)3)11-16(13(4)17)15-9-7-6-8-10-15;1-2-7-5-3-4-6-8(7)9(10,11)12;1-7-3-5-8(2)6-4-7;1-4-6-8(3)7-5-2;1-4(2)3/h5,7,9-11H,2,6,8H2,1,3-4H3;3-6H,2H2,1H3;3-6H,1-2H3;4-7H2,1-3H3;1H2,2-3H3/b14-5-,16-11+;;;;. The van der Waals surface area contributed by atoms with Crippen molar-refractivity contribution in [2.24, 2.45) is 0 Å². The molecule has 0 spiro atoms. The molecule has 272 valence electrons. The molecule has 2 aromatic carbocycles. The Morgan fingerprint density at radius 1 is 0.857 bits per heavy atom. The number of benzene rings is 2. The molecule has 0 radical (unpaired) electrons. The summed E-state index contributed by atoms with van der Waals surface area (Å²) in [7, 11) is 2.17. The second kappa shape index (κ2) is 27.2. The lowest BCUT2D eigenvalue weighted by Gasteiger charge is -2.12. The SMILES string of the molecule is C=C(C)C.C=C(C)C(=C\C)/C=C(\C(C)=O)C1=CCCC=C1.CCCN(C)CCC.CCc1ccccc1C(F)(F)F.Cc1ccc(C)cc1. The molecule has 0 unspecified atom stereocenters. The van der Waals surface area contributed by atoms with Gasteiger partial charge in [-0.2, -0.15) is 13.2 Å². The Morgan fingerprint density at radius 3 is 1.67 bits per heavy atom. The number of Topliss-reactive ketones (excluding diaryl/α,β-unsaturated/α-hetero) is 1. The molecule has 0 aliphatic heterocycles. The first-order valence-electron chi connectivity index (χ1n) is 17.4. The van der Waals surface area contributed by atoms with E-state index in [0.29, 0.717) is 12.0 Å². The maximum absolute atomic E-state index is 12.2.